The molecule has 4 rings (SSSR count). The molecule has 0 saturated heterocycles. The van der Waals surface area contributed by atoms with Crippen LogP contribution in [0.2, 0.25) is 0 Å². The van der Waals surface area contributed by atoms with Crippen molar-refractivity contribution < 1.29 is 4.79 Å². The van der Waals surface area contributed by atoms with Crippen LogP contribution in [0.3, 0.4) is 0 Å². The molecule has 2 aromatic heterocycles. The molecule has 1 aliphatic rings. The van der Waals surface area contributed by atoms with Crippen LogP contribution in [-0.2, 0) is 17.9 Å². The molecule has 0 aliphatic carbocycles. The number of rotatable bonds is 4. The van der Waals surface area contributed by atoms with Gasteiger partial charge in [-0.3, -0.25) is 4.79 Å². The van der Waals surface area contributed by atoms with Crippen LogP contribution >= 0.6 is 0 Å². The van der Waals surface area contributed by atoms with Gasteiger partial charge in [0.1, 0.15) is 0 Å². The number of aromatic nitrogens is 6. The molecule has 8 heteroatoms. The van der Waals surface area contributed by atoms with Crippen molar-refractivity contribution in [2.24, 2.45) is 0 Å². The van der Waals surface area contributed by atoms with E-state index in [2.05, 4.69) is 25.9 Å². The third-order valence-electron chi connectivity index (χ3n) is 4.50. The molecule has 0 saturated carbocycles. The summed E-state index contributed by atoms with van der Waals surface area (Å²) in [5, 5.41) is 19.1. The second-order valence-corrected chi connectivity index (χ2v) is 6.11. The number of carbonyl (C=O) groups excluding carboxylic acids is 1. The number of para-hydroxylation sites is 1. The molecule has 3 aromatic rings. The van der Waals surface area contributed by atoms with Crippen LogP contribution < -0.4 is 5.32 Å². The number of tetrazole rings is 1. The maximum atomic E-state index is 12.7. The average molecular weight is 337 g/mol. The van der Waals surface area contributed by atoms with Gasteiger partial charge in [0.2, 0.25) is 5.91 Å². The fourth-order valence-electron chi connectivity index (χ4n) is 3.21. The van der Waals surface area contributed by atoms with Crippen molar-refractivity contribution in [3.05, 3.63) is 54.1 Å². The molecule has 128 valence electrons. The van der Waals surface area contributed by atoms with Crippen LogP contribution in [0.1, 0.15) is 36.6 Å². The summed E-state index contributed by atoms with van der Waals surface area (Å²) >= 11 is 0. The number of amides is 1. The van der Waals surface area contributed by atoms with E-state index in [0.717, 1.165) is 37.1 Å². The minimum atomic E-state index is -0.297. The molecule has 25 heavy (non-hydrogen) atoms. The topological polar surface area (TPSA) is 90.5 Å². The molecule has 8 nitrogen and oxygen atoms in total. The highest BCUT2D eigenvalue weighted by Gasteiger charge is 2.28. The van der Waals surface area contributed by atoms with Gasteiger partial charge in [0, 0.05) is 25.5 Å². The predicted molar refractivity (Wildman–Crippen MR) is 89.8 cm³/mol. The zero-order valence-corrected chi connectivity index (χ0v) is 13.7. The van der Waals surface area contributed by atoms with E-state index in [-0.39, 0.29) is 11.8 Å². The molecule has 1 N–H and O–H groups in total. The van der Waals surface area contributed by atoms with E-state index in [0.29, 0.717) is 12.4 Å². The van der Waals surface area contributed by atoms with E-state index < -0.39 is 0 Å². The van der Waals surface area contributed by atoms with Crippen LogP contribution in [0, 0.1) is 0 Å². The second kappa shape index (κ2) is 6.84. The van der Waals surface area contributed by atoms with Crippen molar-refractivity contribution in [3.8, 4) is 5.69 Å². The van der Waals surface area contributed by atoms with Gasteiger partial charge in [0.05, 0.1) is 11.6 Å². The summed E-state index contributed by atoms with van der Waals surface area (Å²) < 4.78 is 3.54. The van der Waals surface area contributed by atoms with E-state index in [1.165, 1.54) is 0 Å². The second-order valence-electron chi connectivity index (χ2n) is 6.11. The van der Waals surface area contributed by atoms with E-state index in [9.17, 15) is 4.79 Å². The van der Waals surface area contributed by atoms with Gasteiger partial charge in [-0.2, -0.15) is 5.10 Å². The van der Waals surface area contributed by atoms with E-state index >= 15 is 0 Å². The lowest BCUT2D eigenvalue weighted by Gasteiger charge is -2.15. The highest BCUT2D eigenvalue weighted by atomic mass is 16.1. The highest BCUT2D eigenvalue weighted by molar-refractivity contribution is 5.82. The Bertz CT molecular complexity index is 856. The fraction of sp³-hybridized carbons (Fsp3) is 0.353. The number of benzene rings is 1. The first kappa shape index (κ1) is 15.5. The minimum Gasteiger partial charge on any atom is -0.351 e. The van der Waals surface area contributed by atoms with Gasteiger partial charge >= 0.3 is 0 Å². The van der Waals surface area contributed by atoms with E-state index in [1.54, 1.807) is 15.6 Å². The third kappa shape index (κ3) is 3.15. The van der Waals surface area contributed by atoms with Crippen LogP contribution in [0.5, 0.6) is 0 Å². The summed E-state index contributed by atoms with van der Waals surface area (Å²) in [4.78, 5) is 12.7. The number of hydrogen-bond donors (Lipinski definition) is 1. The van der Waals surface area contributed by atoms with Crippen molar-refractivity contribution in [2.45, 2.75) is 38.3 Å². The normalized spacial score (nSPS) is 16.9. The Labute approximate surface area is 144 Å². The molecule has 0 spiro atoms. The Morgan fingerprint density at radius 2 is 2.16 bits per heavy atom. The molecule has 1 aromatic carbocycles. The smallest absolute Gasteiger partial charge is 0.231 e. The molecule has 1 atom stereocenters. The maximum absolute atomic E-state index is 12.7. The Hall–Kier alpha value is -3.03. The van der Waals surface area contributed by atoms with Crippen LogP contribution in [0.25, 0.3) is 5.69 Å². The molecule has 0 unspecified atom stereocenters. The van der Waals surface area contributed by atoms with Crippen molar-refractivity contribution >= 4 is 5.91 Å². The van der Waals surface area contributed by atoms with Gasteiger partial charge in [-0.05, 0) is 41.0 Å². The van der Waals surface area contributed by atoms with Crippen LogP contribution in [-0.4, -0.2) is 35.9 Å². The zero-order chi connectivity index (χ0) is 17.1. The van der Waals surface area contributed by atoms with Crippen molar-refractivity contribution in [2.75, 3.05) is 0 Å². The number of hydrogen-bond acceptors (Lipinski definition) is 5. The van der Waals surface area contributed by atoms with Crippen molar-refractivity contribution in [3.63, 3.8) is 0 Å². The average Bonchev–Trinajstić information content (AvgIpc) is 3.29. The lowest BCUT2D eigenvalue weighted by atomic mass is 10.0. The lowest BCUT2D eigenvalue weighted by Crippen LogP contribution is -2.30. The first-order valence-electron chi connectivity index (χ1n) is 8.44. The summed E-state index contributed by atoms with van der Waals surface area (Å²) in [5.74, 6) is 0.331. The van der Waals surface area contributed by atoms with Gasteiger partial charge in [-0.15, -0.1) is 5.10 Å². The van der Waals surface area contributed by atoms with Gasteiger partial charge in [0.15, 0.2) is 5.82 Å². The van der Waals surface area contributed by atoms with E-state index in [1.807, 2.05) is 36.5 Å². The minimum absolute atomic E-state index is 0.0341. The lowest BCUT2D eigenvalue weighted by molar-refractivity contribution is -0.123. The molecule has 1 amide bonds. The SMILES string of the molecule is O=C(NCc1ccccc1-n1cccn1)[C@@H]1CCCCn2nnnc21. The van der Waals surface area contributed by atoms with Crippen LogP contribution in [0.15, 0.2) is 42.7 Å². The predicted octanol–water partition coefficient (Wildman–Crippen LogP) is 1.44. The number of nitrogens with zero attached hydrogens (tertiary/aromatic N) is 6. The third-order valence-corrected chi connectivity index (χ3v) is 4.50. The molecular weight excluding hydrogens is 318 g/mol. The largest absolute Gasteiger partial charge is 0.351 e. The van der Waals surface area contributed by atoms with Crippen molar-refractivity contribution in [1.82, 2.24) is 35.3 Å². The quantitative estimate of drug-likeness (QED) is 0.778. The van der Waals surface area contributed by atoms with Gasteiger partial charge in [-0.1, -0.05) is 24.6 Å². The Morgan fingerprint density at radius 3 is 3.04 bits per heavy atom. The molecule has 3 heterocycles. The molecule has 0 radical (unpaired) electrons. The summed E-state index contributed by atoms with van der Waals surface area (Å²) in [6, 6.07) is 9.78. The Kier molecular flexibility index (Phi) is 4.24. The molecule has 0 bridgehead atoms. The number of aryl methyl sites for hydroxylation is 1. The standard InChI is InChI=1S/C17H19N7O/c25-17(14-7-3-4-10-24-16(14)20-21-22-24)18-12-13-6-1-2-8-15(13)23-11-5-9-19-23/h1-2,5-6,8-9,11,14H,3-4,7,10,12H2,(H,18,25)/t14-/m1/s1. The summed E-state index contributed by atoms with van der Waals surface area (Å²) in [6.07, 6.45) is 6.37. The number of carbonyl (C=O) groups is 1. The monoisotopic (exact) mass is 337 g/mol. The number of fused-ring (bicyclic) bond motifs is 1. The molecule has 1 aliphatic heterocycles. The first-order valence-corrected chi connectivity index (χ1v) is 8.44. The number of nitrogens with one attached hydrogen (secondary N) is 1. The maximum Gasteiger partial charge on any atom is 0.231 e. The molecular formula is C17H19N7O. The summed E-state index contributed by atoms with van der Waals surface area (Å²) in [6.45, 7) is 1.21. The Morgan fingerprint density at radius 1 is 1.24 bits per heavy atom. The summed E-state index contributed by atoms with van der Waals surface area (Å²) in [7, 11) is 0. The zero-order valence-electron chi connectivity index (χ0n) is 13.7. The van der Waals surface area contributed by atoms with Crippen molar-refractivity contribution in [1.29, 1.82) is 0 Å². The van der Waals surface area contributed by atoms with Gasteiger partial charge in [-0.25, -0.2) is 9.36 Å². The highest BCUT2D eigenvalue weighted by Crippen LogP contribution is 2.24. The Balaban J connectivity index is 1.50. The van der Waals surface area contributed by atoms with Crippen LogP contribution in [0.4, 0.5) is 0 Å². The summed E-state index contributed by atoms with van der Waals surface area (Å²) in [5.41, 5.74) is 1.96. The van der Waals surface area contributed by atoms with Gasteiger partial charge in [0.25, 0.3) is 0 Å². The van der Waals surface area contributed by atoms with E-state index in [4.69, 9.17) is 0 Å². The first-order chi connectivity index (χ1) is 12.3. The van der Waals surface area contributed by atoms with Gasteiger partial charge < -0.3 is 5.32 Å². The fourth-order valence-corrected chi connectivity index (χ4v) is 3.21. The molecule has 0 fully saturated rings.